The molecule has 1 unspecified atom stereocenters. The number of rotatable bonds is 4. The minimum absolute atomic E-state index is 0.268. The monoisotopic (exact) mass is 216 g/mol. The first-order valence-corrected chi connectivity index (χ1v) is 5.26. The Kier molecular flexibility index (Phi) is 3.70. The van der Waals surface area contributed by atoms with E-state index >= 15 is 0 Å². The summed E-state index contributed by atoms with van der Waals surface area (Å²) in [5, 5.41) is 12.9. The molecule has 0 aromatic heterocycles. The van der Waals surface area contributed by atoms with Crippen LogP contribution in [0.1, 0.15) is 26.7 Å². The van der Waals surface area contributed by atoms with E-state index in [0.717, 1.165) is 0 Å². The van der Waals surface area contributed by atoms with Crippen molar-refractivity contribution < 1.29 is 14.6 Å². The third kappa shape index (κ3) is 3.15. The molecule has 15 heavy (non-hydrogen) atoms. The van der Waals surface area contributed by atoms with Gasteiger partial charge < -0.3 is 20.9 Å². The Labute approximate surface area is 90.0 Å². The average molecular weight is 216 g/mol. The molecule has 1 fully saturated rings. The van der Waals surface area contributed by atoms with Crippen LogP contribution in [0.15, 0.2) is 0 Å². The highest BCUT2D eigenvalue weighted by Crippen LogP contribution is 2.21. The summed E-state index contributed by atoms with van der Waals surface area (Å²) in [6.45, 7) is 4.96. The number of carbonyl (C=O) groups is 1. The van der Waals surface area contributed by atoms with Gasteiger partial charge in [-0.3, -0.25) is 0 Å². The smallest absolute Gasteiger partial charge is 0.340 e. The molecular formula is C10H20N2O3. The van der Waals surface area contributed by atoms with Crippen molar-refractivity contribution in [2.24, 2.45) is 5.73 Å². The van der Waals surface area contributed by atoms with Crippen molar-refractivity contribution in [1.82, 2.24) is 5.32 Å². The standard InChI is InChI=1S/C10H20N2O3/c1-9(2,3-5-11)15-8(13)10(14)4-6-12-7-10/h12,14H,3-7,11H2,1-2H3. The fourth-order valence-electron chi connectivity index (χ4n) is 1.60. The predicted molar refractivity (Wildman–Crippen MR) is 56.3 cm³/mol. The van der Waals surface area contributed by atoms with Gasteiger partial charge in [0.25, 0.3) is 0 Å². The summed E-state index contributed by atoms with van der Waals surface area (Å²) >= 11 is 0. The van der Waals surface area contributed by atoms with Crippen LogP contribution in [0.3, 0.4) is 0 Å². The van der Waals surface area contributed by atoms with Crippen LogP contribution in [-0.2, 0) is 9.53 Å². The summed E-state index contributed by atoms with van der Waals surface area (Å²) in [5.74, 6) is -0.550. The van der Waals surface area contributed by atoms with Crippen molar-refractivity contribution in [3.63, 3.8) is 0 Å². The van der Waals surface area contributed by atoms with Crippen molar-refractivity contribution >= 4 is 5.97 Å². The SMILES string of the molecule is CC(C)(CCN)OC(=O)C1(O)CCNC1. The maximum atomic E-state index is 11.7. The Morgan fingerprint density at radius 1 is 1.67 bits per heavy atom. The van der Waals surface area contributed by atoms with Gasteiger partial charge >= 0.3 is 5.97 Å². The molecule has 0 saturated carbocycles. The zero-order chi connectivity index (χ0) is 11.5. The Bertz CT molecular complexity index is 235. The first-order valence-electron chi connectivity index (χ1n) is 5.26. The number of ether oxygens (including phenoxy) is 1. The van der Waals surface area contributed by atoms with Crippen LogP contribution >= 0.6 is 0 Å². The molecule has 5 heteroatoms. The van der Waals surface area contributed by atoms with E-state index in [2.05, 4.69) is 5.32 Å². The van der Waals surface area contributed by atoms with E-state index in [9.17, 15) is 9.90 Å². The third-order valence-corrected chi connectivity index (χ3v) is 2.63. The van der Waals surface area contributed by atoms with Crippen molar-refractivity contribution in [2.45, 2.75) is 37.9 Å². The van der Waals surface area contributed by atoms with Gasteiger partial charge in [-0.15, -0.1) is 0 Å². The molecule has 0 aromatic rings. The lowest BCUT2D eigenvalue weighted by Gasteiger charge is -2.29. The van der Waals surface area contributed by atoms with Gasteiger partial charge in [0.1, 0.15) is 5.60 Å². The highest BCUT2D eigenvalue weighted by Gasteiger charge is 2.42. The van der Waals surface area contributed by atoms with Gasteiger partial charge in [-0.1, -0.05) is 0 Å². The van der Waals surface area contributed by atoms with Gasteiger partial charge in [-0.25, -0.2) is 4.79 Å². The molecule has 1 heterocycles. The second-order valence-corrected chi connectivity index (χ2v) is 4.65. The summed E-state index contributed by atoms with van der Waals surface area (Å²) in [6.07, 6.45) is 0.993. The zero-order valence-corrected chi connectivity index (χ0v) is 9.38. The van der Waals surface area contributed by atoms with Gasteiger partial charge in [0.15, 0.2) is 5.60 Å². The minimum Gasteiger partial charge on any atom is -0.457 e. The van der Waals surface area contributed by atoms with Crippen LogP contribution in [0.5, 0.6) is 0 Å². The van der Waals surface area contributed by atoms with Crippen LogP contribution in [0.25, 0.3) is 0 Å². The van der Waals surface area contributed by atoms with Crippen LogP contribution < -0.4 is 11.1 Å². The van der Waals surface area contributed by atoms with Crippen molar-refractivity contribution in [2.75, 3.05) is 19.6 Å². The second kappa shape index (κ2) is 4.47. The molecule has 1 atom stereocenters. The van der Waals surface area contributed by atoms with Gasteiger partial charge in [-0.05, 0) is 33.4 Å². The first kappa shape index (κ1) is 12.4. The topological polar surface area (TPSA) is 84.6 Å². The van der Waals surface area contributed by atoms with Crippen molar-refractivity contribution in [3.05, 3.63) is 0 Å². The highest BCUT2D eigenvalue weighted by molar-refractivity contribution is 5.80. The van der Waals surface area contributed by atoms with Gasteiger partial charge in [0.2, 0.25) is 0 Å². The molecule has 0 amide bonds. The normalized spacial score (nSPS) is 26.7. The molecule has 0 aliphatic carbocycles. The lowest BCUT2D eigenvalue weighted by Crippen LogP contribution is -2.46. The van der Waals surface area contributed by atoms with Crippen LogP contribution in [0, 0.1) is 0 Å². The van der Waals surface area contributed by atoms with E-state index in [1.54, 1.807) is 13.8 Å². The first-order chi connectivity index (χ1) is 6.90. The number of β-amino-alcohol motifs (C(OH)–C–C–N with tert-alkyl or cyclic N) is 1. The maximum Gasteiger partial charge on any atom is 0.340 e. The number of hydrogen-bond donors (Lipinski definition) is 3. The van der Waals surface area contributed by atoms with Crippen LogP contribution in [-0.4, -0.2) is 41.9 Å². The van der Waals surface area contributed by atoms with E-state index in [1.807, 2.05) is 0 Å². The van der Waals surface area contributed by atoms with E-state index in [4.69, 9.17) is 10.5 Å². The summed E-state index contributed by atoms with van der Waals surface area (Å²) in [6, 6.07) is 0. The molecule has 1 aliphatic rings. The molecule has 1 aliphatic heterocycles. The van der Waals surface area contributed by atoms with E-state index < -0.39 is 17.2 Å². The minimum atomic E-state index is -1.36. The van der Waals surface area contributed by atoms with Crippen LogP contribution in [0.2, 0.25) is 0 Å². The summed E-state index contributed by atoms with van der Waals surface area (Å²) in [4.78, 5) is 11.7. The fraction of sp³-hybridized carbons (Fsp3) is 0.900. The number of nitrogens with one attached hydrogen (secondary N) is 1. The van der Waals surface area contributed by atoms with Gasteiger partial charge in [0, 0.05) is 13.0 Å². The lowest BCUT2D eigenvalue weighted by molar-refractivity contribution is -0.177. The Morgan fingerprint density at radius 3 is 2.80 bits per heavy atom. The largest absolute Gasteiger partial charge is 0.457 e. The van der Waals surface area contributed by atoms with Crippen molar-refractivity contribution in [1.29, 1.82) is 0 Å². The molecule has 5 nitrogen and oxygen atoms in total. The molecule has 0 aromatic carbocycles. The predicted octanol–water partition coefficient (Wildman–Crippen LogP) is -0.619. The molecule has 0 bridgehead atoms. The number of esters is 1. The Balaban J connectivity index is 2.54. The Morgan fingerprint density at radius 2 is 2.33 bits per heavy atom. The maximum absolute atomic E-state index is 11.7. The summed E-state index contributed by atoms with van der Waals surface area (Å²) in [5.41, 5.74) is 3.45. The molecular weight excluding hydrogens is 196 g/mol. The van der Waals surface area contributed by atoms with Gasteiger partial charge in [0.05, 0.1) is 0 Å². The quantitative estimate of drug-likeness (QED) is 0.545. The second-order valence-electron chi connectivity index (χ2n) is 4.65. The average Bonchev–Trinajstić information content (AvgIpc) is 2.52. The van der Waals surface area contributed by atoms with Crippen LogP contribution in [0.4, 0.5) is 0 Å². The summed E-state index contributed by atoms with van der Waals surface area (Å²) < 4.78 is 5.26. The number of nitrogens with two attached hydrogens (primary N) is 1. The molecule has 4 N–H and O–H groups in total. The Hall–Kier alpha value is -0.650. The third-order valence-electron chi connectivity index (χ3n) is 2.63. The highest BCUT2D eigenvalue weighted by atomic mass is 16.6. The van der Waals surface area contributed by atoms with E-state index in [-0.39, 0.29) is 6.54 Å². The molecule has 0 spiro atoms. The molecule has 88 valence electrons. The lowest BCUT2D eigenvalue weighted by atomic mass is 10.0. The fourth-order valence-corrected chi connectivity index (χ4v) is 1.60. The molecule has 1 rings (SSSR count). The molecule has 1 saturated heterocycles. The van der Waals surface area contributed by atoms with Gasteiger partial charge in [-0.2, -0.15) is 0 Å². The van der Waals surface area contributed by atoms with Crippen molar-refractivity contribution in [3.8, 4) is 0 Å². The number of hydrogen-bond acceptors (Lipinski definition) is 5. The molecule has 0 radical (unpaired) electrons. The summed E-state index contributed by atoms with van der Waals surface area (Å²) in [7, 11) is 0. The van der Waals surface area contributed by atoms with E-state index in [1.165, 1.54) is 0 Å². The van der Waals surface area contributed by atoms with E-state index in [0.29, 0.717) is 25.9 Å². The number of aliphatic hydroxyl groups is 1. The zero-order valence-electron chi connectivity index (χ0n) is 9.38. The number of carbonyl (C=O) groups excluding carboxylic acids is 1.